The summed E-state index contributed by atoms with van der Waals surface area (Å²) >= 11 is 6.72. The lowest BCUT2D eigenvalue weighted by Gasteiger charge is -2.18. The quantitative estimate of drug-likeness (QED) is 0.0820. The Morgan fingerprint density at radius 3 is 1.20 bits per heavy atom. The van der Waals surface area contributed by atoms with Crippen LogP contribution in [0.2, 0.25) is 0 Å². The minimum absolute atomic E-state index is 0.0362. The Balaban J connectivity index is 1.59. The number of nitro benzene ring substituents is 2. The number of hydrogen-bond acceptors (Lipinski definition) is 4. The molecule has 0 aromatic heterocycles. The van der Waals surface area contributed by atoms with Gasteiger partial charge in [0.25, 0.3) is 11.4 Å². The molecule has 0 unspecified atom stereocenters. The number of halogens is 2. The Bertz CT molecular complexity index is 2030. The van der Waals surface area contributed by atoms with Gasteiger partial charge in [-0.05, 0) is 78.5 Å². The van der Waals surface area contributed by atoms with Gasteiger partial charge < -0.3 is 0 Å². The summed E-state index contributed by atoms with van der Waals surface area (Å²) < 4.78 is 1.29. The highest BCUT2D eigenvalue weighted by atomic mass is 79.9. The molecule has 0 radical (unpaired) electrons. The summed E-state index contributed by atoms with van der Waals surface area (Å²) in [4.78, 5) is 23.2. The molecule has 0 saturated carbocycles. The van der Waals surface area contributed by atoms with Crippen LogP contribution in [-0.4, -0.2) is 9.85 Å². The number of hydrogen-bond donors (Lipinski definition) is 0. The zero-order valence-corrected chi connectivity index (χ0v) is 23.7. The van der Waals surface area contributed by atoms with E-state index in [9.17, 15) is 20.2 Å². The molecule has 0 N–H and O–H groups in total. The number of benzene rings is 7. The third kappa shape index (κ3) is 3.60. The number of nitrogens with zero attached hydrogens (tertiary/aromatic N) is 2. The van der Waals surface area contributed by atoms with Crippen molar-refractivity contribution in [1.82, 2.24) is 0 Å². The van der Waals surface area contributed by atoms with Crippen molar-refractivity contribution < 1.29 is 9.85 Å². The monoisotopic (exact) mass is 650 g/mol. The summed E-state index contributed by atoms with van der Waals surface area (Å²) in [5.74, 6) is 0. The molecule has 192 valence electrons. The van der Waals surface area contributed by atoms with Gasteiger partial charge in [0.05, 0.1) is 21.0 Å². The Morgan fingerprint density at radius 1 is 0.450 bits per heavy atom. The van der Waals surface area contributed by atoms with Crippen molar-refractivity contribution in [2.75, 3.05) is 0 Å². The van der Waals surface area contributed by atoms with Crippen LogP contribution in [0, 0.1) is 20.2 Å². The molecule has 0 bridgehead atoms. The Hall–Kier alpha value is -4.40. The van der Waals surface area contributed by atoms with Gasteiger partial charge in [0.1, 0.15) is 0 Å². The zero-order chi connectivity index (χ0) is 27.7. The maximum Gasteiger partial charge on any atom is 0.278 e. The van der Waals surface area contributed by atoms with Crippen LogP contribution in [0.25, 0.3) is 65.3 Å². The van der Waals surface area contributed by atoms with Crippen LogP contribution in [0.4, 0.5) is 11.4 Å². The van der Waals surface area contributed by atoms with E-state index in [2.05, 4.69) is 44.0 Å². The van der Waals surface area contributed by atoms with E-state index < -0.39 is 0 Å². The molecule has 0 aliphatic rings. The fourth-order valence-electron chi connectivity index (χ4n) is 5.95. The molecule has 0 amide bonds. The molecule has 7 aromatic rings. The summed E-state index contributed by atoms with van der Waals surface area (Å²) in [6.45, 7) is 0. The molecule has 0 spiro atoms. The highest BCUT2D eigenvalue weighted by molar-refractivity contribution is 9.10. The largest absolute Gasteiger partial charge is 0.278 e. The molecule has 0 saturated heterocycles. The maximum atomic E-state index is 11.9. The lowest BCUT2D eigenvalue weighted by molar-refractivity contribution is -0.384. The summed E-state index contributed by atoms with van der Waals surface area (Å²) in [5.41, 5.74) is 2.76. The van der Waals surface area contributed by atoms with Crippen LogP contribution >= 0.6 is 31.9 Å². The second-order valence-electron chi connectivity index (χ2n) is 9.61. The van der Waals surface area contributed by atoms with E-state index in [1.54, 1.807) is 12.1 Å². The summed E-state index contributed by atoms with van der Waals surface area (Å²) in [5, 5.41) is 31.9. The summed E-state index contributed by atoms with van der Waals surface area (Å²) in [6.07, 6.45) is 0. The first kappa shape index (κ1) is 24.6. The van der Waals surface area contributed by atoms with E-state index >= 15 is 0 Å². The van der Waals surface area contributed by atoms with Gasteiger partial charge >= 0.3 is 0 Å². The SMILES string of the molecule is O=[N+]([O-])c1cc(Br)ccc1-c1ccc2c3ccc(-c4ccc(Br)cc4[N+](=O)[O-])c4cccc(c5cccc1c52)c43. The third-order valence-corrected chi connectivity index (χ3v) is 8.54. The van der Waals surface area contributed by atoms with Crippen molar-refractivity contribution in [3.63, 3.8) is 0 Å². The van der Waals surface area contributed by atoms with Crippen LogP contribution in [0.3, 0.4) is 0 Å². The van der Waals surface area contributed by atoms with Gasteiger partial charge in [0.2, 0.25) is 0 Å². The number of rotatable bonds is 4. The van der Waals surface area contributed by atoms with Gasteiger partial charge in [0.15, 0.2) is 0 Å². The van der Waals surface area contributed by atoms with E-state index in [0.717, 1.165) is 54.2 Å². The molecule has 0 heterocycles. The van der Waals surface area contributed by atoms with Gasteiger partial charge in [-0.1, -0.05) is 92.5 Å². The van der Waals surface area contributed by atoms with Crippen LogP contribution < -0.4 is 0 Å². The van der Waals surface area contributed by atoms with Crippen molar-refractivity contribution >= 4 is 86.3 Å². The fourth-order valence-corrected chi connectivity index (χ4v) is 6.65. The Labute approximate surface area is 243 Å². The van der Waals surface area contributed by atoms with Crippen molar-refractivity contribution in [1.29, 1.82) is 0 Å². The van der Waals surface area contributed by atoms with E-state index in [1.165, 1.54) is 12.1 Å². The first-order valence-corrected chi connectivity index (χ1v) is 13.9. The summed E-state index contributed by atoms with van der Waals surface area (Å²) in [6, 6.07) is 30.3. The second-order valence-corrected chi connectivity index (χ2v) is 11.4. The normalized spacial score (nSPS) is 11.7. The molecule has 0 aliphatic heterocycles. The van der Waals surface area contributed by atoms with Crippen LogP contribution in [-0.2, 0) is 0 Å². The van der Waals surface area contributed by atoms with Gasteiger partial charge in [-0.3, -0.25) is 20.2 Å². The highest BCUT2D eigenvalue weighted by Gasteiger charge is 2.23. The predicted octanol–water partition coefficient (Wildman–Crippen LogP) is 10.4. The highest BCUT2D eigenvalue weighted by Crippen LogP contribution is 2.47. The van der Waals surface area contributed by atoms with Gasteiger partial charge in [0, 0.05) is 21.1 Å². The molecule has 40 heavy (non-hydrogen) atoms. The van der Waals surface area contributed by atoms with Crippen molar-refractivity contribution in [3.05, 3.63) is 126 Å². The van der Waals surface area contributed by atoms with E-state index in [-0.39, 0.29) is 21.2 Å². The van der Waals surface area contributed by atoms with Gasteiger partial charge in [-0.25, -0.2) is 0 Å². The van der Waals surface area contributed by atoms with Crippen molar-refractivity contribution in [2.45, 2.75) is 0 Å². The van der Waals surface area contributed by atoms with E-state index in [1.807, 2.05) is 60.7 Å². The topological polar surface area (TPSA) is 86.3 Å². The third-order valence-electron chi connectivity index (χ3n) is 7.55. The van der Waals surface area contributed by atoms with Crippen molar-refractivity contribution in [2.24, 2.45) is 0 Å². The molecular formula is C32H16Br2N2O4. The van der Waals surface area contributed by atoms with Gasteiger partial charge in [-0.15, -0.1) is 0 Å². The van der Waals surface area contributed by atoms with Crippen LogP contribution in [0.5, 0.6) is 0 Å². The first-order valence-electron chi connectivity index (χ1n) is 12.3. The Morgan fingerprint density at radius 2 is 0.800 bits per heavy atom. The number of fused-ring (bicyclic) bond motifs is 2. The first-order chi connectivity index (χ1) is 19.3. The lowest BCUT2D eigenvalue weighted by Crippen LogP contribution is -1.95. The van der Waals surface area contributed by atoms with Crippen LogP contribution in [0.15, 0.2) is 106 Å². The van der Waals surface area contributed by atoms with E-state index in [0.29, 0.717) is 20.1 Å². The van der Waals surface area contributed by atoms with E-state index in [4.69, 9.17) is 0 Å². The Kier molecular flexibility index (Phi) is 5.59. The minimum atomic E-state index is -0.353. The molecule has 7 aromatic carbocycles. The molecule has 8 heteroatoms. The molecule has 7 rings (SSSR count). The maximum absolute atomic E-state index is 11.9. The number of nitro groups is 2. The average molecular weight is 652 g/mol. The second kappa shape index (κ2) is 9.08. The zero-order valence-electron chi connectivity index (χ0n) is 20.5. The molecule has 0 fully saturated rings. The van der Waals surface area contributed by atoms with Crippen LogP contribution in [0.1, 0.15) is 0 Å². The molecule has 0 atom stereocenters. The standard InChI is InChI=1S/C32H16Br2N2O4/c33-17-7-9-21(29(15-17)35(37)38)19-11-13-27-28-14-12-20(22-10-8-18(34)16-30(22)36(39)40)24-4-2-6-26(32(24)28)25-5-1-3-23(19)31(25)27/h1-16H. The minimum Gasteiger partial charge on any atom is -0.258 e. The van der Waals surface area contributed by atoms with Gasteiger partial charge in [-0.2, -0.15) is 0 Å². The molecule has 0 aliphatic carbocycles. The molecular weight excluding hydrogens is 636 g/mol. The molecule has 6 nitrogen and oxygen atoms in total. The summed E-state index contributed by atoms with van der Waals surface area (Å²) in [7, 11) is 0. The average Bonchev–Trinajstić information content (AvgIpc) is 2.95. The van der Waals surface area contributed by atoms with Crippen molar-refractivity contribution in [3.8, 4) is 22.3 Å². The predicted molar refractivity (Wildman–Crippen MR) is 167 cm³/mol. The lowest BCUT2D eigenvalue weighted by atomic mass is 9.85. The fraction of sp³-hybridized carbons (Fsp3) is 0. The smallest absolute Gasteiger partial charge is 0.258 e.